The van der Waals surface area contributed by atoms with Crippen LogP contribution in [0.1, 0.15) is 16.9 Å². The van der Waals surface area contributed by atoms with Gasteiger partial charge in [0.25, 0.3) is 0 Å². The second-order valence-corrected chi connectivity index (χ2v) is 8.35. The van der Waals surface area contributed by atoms with Gasteiger partial charge in [0, 0.05) is 18.7 Å². The van der Waals surface area contributed by atoms with Gasteiger partial charge in [0.15, 0.2) is 0 Å². The molecule has 0 spiro atoms. The lowest BCUT2D eigenvalue weighted by molar-refractivity contribution is -0.152. The predicted octanol–water partition coefficient (Wildman–Crippen LogP) is 5.85. The average molecular weight is 497 g/mol. The number of methoxy groups -OCH3 is 2. The summed E-state index contributed by atoms with van der Waals surface area (Å²) in [6.45, 7) is 0.879. The van der Waals surface area contributed by atoms with Crippen LogP contribution < -0.4 is 19.6 Å². The summed E-state index contributed by atoms with van der Waals surface area (Å²) in [5.41, 5.74) is -0.0694. The molecule has 1 aromatic heterocycles. The number of hydrogen-bond acceptors (Lipinski definition) is 6. The molecule has 0 bridgehead atoms. The van der Waals surface area contributed by atoms with E-state index in [1.165, 1.54) is 37.4 Å². The molecule has 0 radical (unpaired) electrons. The summed E-state index contributed by atoms with van der Waals surface area (Å²) in [4.78, 5) is 15.3. The van der Waals surface area contributed by atoms with Crippen LogP contribution in [0.5, 0.6) is 17.2 Å². The Kier molecular flexibility index (Phi) is 6.09. The first-order valence-corrected chi connectivity index (χ1v) is 11.1. The van der Waals surface area contributed by atoms with Gasteiger partial charge in [-0.05, 0) is 35.9 Å². The Labute approximate surface area is 204 Å². The zero-order valence-electron chi connectivity index (χ0n) is 19.5. The Morgan fingerprint density at radius 2 is 1.72 bits per heavy atom. The van der Waals surface area contributed by atoms with Gasteiger partial charge in [-0.2, -0.15) is 13.2 Å². The molecular formula is C27H22F3NO5. The zero-order valence-corrected chi connectivity index (χ0v) is 19.5. The number of hydrogen-bond donors (Lipinski definition) is 0. The highest BCUT2D eigenvalue weighted by molar-refractivity contribution is 5.87. The lowest BCUT2D eigenvalue weighted by Crippen LogP contribution is -2.32. The molecule has 0 unspecified atom stereocenters. The minimum Gasteiger partial charge on any atom is -0.497 e. The van der Waals surface area contributed by atoms with Gasteiger partial charge in [0.1, 0.15) is 29.6 Å². The largest absolute Gasteiger partial charge is 0.497 e. The lowest BCUT2D eigenvalue weighted by Gasteiger charge is -2.30. The summed E-state index contributed by atoms with van der Waals surface area (Å²) in [5, 5.41) is 0.0512. The van der Waals surface area contributed by atoms with Crippen LogP contribution in [0.25, 0.3) is 22.1 Å². The van der Waals surface area contributed by atoms with E-state index in [4.69, 9.17) is 18.6 Å². The summed E-state index contributed by atoms with van der Waals surface area (Å²) in [5.74, 6) is 0.183. The van der Waals surface area contributed by atoms with E-state index in [0.717, 1.165) is 5.56 Å². The average Bonchev–Trinajstić information content (AvgIpc) is 2.88. The molecule has 3 aromatic carbocycles. The van der Waals surface area contributed by atoms with Crippen molar-refractivity contribution in [3.05, 3.63) is 87.8 Å². The van der Waals surface area contributed by atoms with Crippen LogP contribution in [-0.2, 0) is 19.3 Å². The highest BCUT2D eigenvalue weighted by Crippen LogP contribution is 2.40. The maximum absolute atomic E-state index is 14.2. The molecule has 0 fully saturated rings. The van der Waals surface area contributed by atoms with E-state index < -0.39 is 22.9 Å². The number of fused-ring (bicyclic) bond motifs is 3. The van der Waals surface area contributed by atoms with Crippen LogP contribution >= 0.6 is 0 Å². The minimum absolute atomic E-state index is 0.0512. The molecule has 0 atom stereocenters. The van der Waals surface area contributed by atoms with Crippen molar-refractivity contribution in [1.82, 2.24) is 4.90 Å². The van der Waals surface area contributed by atoms with E-state index in [0.29, 0.717) is 29.4 Å². The van der Waals surface area contributed by atoms with E-state index in [2.05, 4.69) is 0 Å². The second kappa shape index (κ2) is 9.23. The number of halogens is 3. The highest BCUT2D eigenvalue weighted by atomic mass is 19.4. The maximum atomic E-state index is 14.2. The topological polar surface area (TPSA) is 61.1 Å². The Morgan fingerprint density at radius 1 is 0.972 bits per heavy atom. The van der Waals surface area contributed by atoms with Crippen LogP contribution in [-0.4, -0.2) is 25.9 Å². The number of alkyl halides is 3. The molecule has 9 heteroatoms. The van der Waals surface area contributed by atoms with Gasteiger partial charge in [-0.3, -0.25) is 9.69 Å². The number of nitrogens with zero attached hydrogens (tertiary/aromatic N) is 1. The van der Waals surface area contributed by atoms with Crippen molar-refractivity contribution < 1.29 is 31.8 Å². The first-order chi connectivity index (χ1) is 17.3. The number of para-hydroxylation sites is 1. The van der Waals surface area contributed by atoms with E-state index in [1.807, 2.05) is 29.2 Å². The fourth-order valence-electron chi connectivity index (χ4n) is 4.41. The van der Waals surface area contributed by atoms with Gasteiger partial charge in [0.2, 0.25) is 11.2 Å². The van der Waals surface area contributed by atoms with Gasteiger partial charge in [-0.15, -0.1) is 0 Å². The van der Waals surface area contributed by atoms with Crippen molar-refractivity contribution in [3.63, 3.8) is 0 Å². The third-order valence-corrected chi connectivity index (χ3v) is 6.13. The van der Waals surface area contributed by atoms with Crippen LogP contribution in [0, 0.1) is 0 Å². The number of benzene rings is 3. The number of ether oxygens (including phenoxy) is 3. The molecule has 4 aromatic rings. The zero-order chi connectivity index (χ0) is 25.4. The molecule has 0 N–H and O–H groups in total. The summed E-state index contributed by atoms with van der Waals surface area (Å²) in [7, 11) is 3.02. The molecular weight excluding hydrogens is 475 g/mol. The van der Waals surface area contributed by atoms with E-state index in [9.17, 15) is 18.0 Å². The molecule has 0 saturated carbocycles. The summed E-state index contributed by atoms with van der Waals surface area (Å²) >= 11 is 0. The molecule has 6 nitrogen and oxygen atoms in total. The van der Waals surface area contributed by atoms with Crippen LogP contribution in [0.3, 0.4) is 0 Å². The van der Waals surface area contributed by atoms with Crippen molar-refractivity contribution in [3.8, 4) is 28.4 Å². The standard InChI is InChI=1S/C27H22F3NO5/c1-33-18-9-7-16(8-10-18)23-24(32)19-11-12-22-20(25(19)36-26(23)27(28,29)30)14-31(15-35-22)13-17-5-3-4-6-21(17)34-2/h3-12H,13-15H2,1-2H3. The smallest absolute Gasteiger partial charge is 0.450 e. The van der Waals surface area contributed by atoms with Gasteiger partial charge in [-0.1, -0.05) is 30.3 Å². The predicted molar refractivity (Wildman–Crippen MR) is 127 cm³/mol. The summed E-state index contributed by atoms with van der Waals surface area (Å²) < 4.78 is 64.3. The Bertz CT molecular complexity index is 1480. The molecule has 186 valence electrons. The molecule has 0 aliphatic carbocycles. The number of rotatable bonds is 5. The first-order valence-electron chi connectivity index (χ1n) is 11.1. The Balaban J connectivity index is 1.62. The lowest BCUT2D eigenvalue weighted by atomic mass is 9.99. The first kappa shape index (κ1) is 23.7. The van der Waals surface area contributed by atoms with E-state index in [1.54, 1.807) is 13.2 Å². The molecule has 0 amide bonds. The molecule has 1 aliphatic rings. The van der Waals surface area contributed by atoms with Crippen LogP contribution in [0.2, 0.25) is 0 Å². The van der Waals surface area contributed by atoms with Crippen molar-refractivity contribution >= 4 is 11.0 Å². The Morgan fingerprint density at radius 3 is 2.42 bits per heavy atom. The van der Waals surface area contributed by atoms with Crippen LogP contribution in [0.4, 0.5) is 13.2 Å². The third-order valence-electron chi connectivity index (χ3n) is 6.13. The molecule has 2 heterocycles. The second-order valence-electron chi connectivity index (χ2n) is 8.35. The van der Waals surface area contributed by atoms with Gasteiger partial charge >= 0.3 is 6.18 Å². The van der Waals surface area contributed by atoms with Crippen molar-refractivity contribution in [2.24, 2.45) is 0 Å². The highest BCUT2D eigenvalue weighted by Gasteiger charge is 2.40. The minimum atomic E-state index is -4.89. The van der Waals surface area contributed by atoms with Crippen molar-refractivity contribution in [2.45, 2.75) is 19.3 Å². The van der Waals surface area contributed by atoms with Gasteiger partial charge in [0.05, 0.1) is 30.7 Å². The molecule has 1 aliphatic heterocycles. The van der Waals surface area contributed by atoms with Crippen molar-refractivity contribution in [1.29, 1.82) is 0 Å². The molecule has 0 saturated heterocycles. The van der Waals surface area contributed by atoms with Crippen molar-refractivity contribution in [2.75, 3.05) is 21.0 Å². The van der Waals surface area contributed by atoms with Crippen LogP contribution in [0.15, 0.2) is 69.9 Å². The Hall–Kier alpha value is -3.98. The summed E-state index contributed by atoms with van der Waals surface area (Å²) in [6, 6.07) is 16.3. The van der Waals surface area contributed by atoms with E-state index >= 15 is 0 Å². The SMILES string of the molecule is COc1ccc(-c2c(C(F)(F)F)oc3c4c(ccc3c2=O)OCN(Cc2ccccc2OC)C4)cc1. The fraction of sp³-hybridized carbons (Fsp3) is 0.222. The van der Waals surface area contributed by atoms with Gasteiger partial charge < -0.3 is 18.6 Å². The van der Waals surface area contributed by atoms with Gasteiger partial charge in [-0.25, -0.2) is 0 Å². The monoisotopic (exact) mass is 497 g/mol. The summed E-state index contributed by atoms with van der Waals surface area (Å²) in [6.07, 6.45) is -4.89. The normalized spacial score (nSPS) is 13.8. The molecule has 36 heavy (non-hydrogen) atoms. The fourth-order valence-corrected chi connectivity index (χ4v) is 4.41. The maximum Gasteiger partial charge on any atom is 0.450 e. The molecule has 5 rings (SSSR count). The quantitative estimate of drug-likeness (QED) is 0.345. The van der Waals surface area contributed by atoms with E-state index in [-0.39, 0.29) is 29.8 Å². The third kappa shape index (κ3) is 4.26.